The number of pyridine rings is 1. The van der Waals surface area contributed by atoms with Crippen LogP contribution in [0.15, 0.2) is 42.6 Å². The molecule has 3 rings (SSSR count). The van der Waals surface area contributed by atoms with Crippen molar-refractivity contribution >= 4 is 11.7 Å². The van der Waals surface area contributed by atoms with E-state index >= 15 is 0 Å². The Kier molecular flexibility index (Phi) is 4.98. The molecule has 0 aliphatic carbocycles. The van der Waals surface area contributed by atoms with Gasteiger partial charge in [0.15, 0.2) is 5.82 Å². The fraction of sp³-hybridized carbons (Fsp3) is 0.235. The van der Waals surface area contributed by atoms with E-state index in [0.717, 1.165) is 5.56 Å². The summed E-state index contributed by atoms with van der Waals surface area (Å²) in [5.41, 5.74) is 1.51. The van der Waals surface area contributed by atoms with E-state index in [-0.39, 0.29) is 12.5 Å². The van der Waals surface area contributed by atoms with Crippen molar-refractivity contribution in [3.05, 3.63) is 59.5 Å². The highest BCUT2D eigenvalue weighted by Gasteiger charge is 2.09. The van der Waals surface area contributed by atoms with Crippen LogP contribution in [-0.4, -0.2) is 31.1 Å². The second-order valence-corrected chi connectivity index (χ2v) is 5.40. The molecule has 0 aliphatic rings. The second-order valence-electron chi connectivity index (χ2n) is 5.40. The third-order valence-electron chi connectivity index (χ3n) is 3.52. The van der Waals surface area contributed by atoms with Crippen LogP contribution in [0.4, 0.5) is 5.82 Å². The molecule has 0 saturated carbocycles. The van der Waals surface area contributed by atoms with Gasteiger partial charge in [0.1, 0.15) is 18.2 Å². The molecule has 2 heterocycles. The lowest BCUT2D eigenvalue weighted by molar-refractivity contribution is 0.102. The minimum Gasteiger partial charge on any atom is -0.486 e. The van der Waals surface area contributed by atoms with Crippen molar-refractivity contribution in [1.82, 2.24) is 25.2 Å². The van der Waals surface area contributed by atoms with Crippen LogP contribution in [0.5, 0.6) is 5.75 Å². The van der Waals surface area contributed by atoms with Gasteiger partial charge in [-0.05, 0) is 54.1 Å². The van der Waals surface area contributed by atoms with Crippen molar-refractivity contribution in [2.24, 2.45) is 0 Å². The minimum absolute atomic E-state index is 0.228. The predicted octanol–water partition coefficient (Wildman–Crippen LogP) is 2.23. The van der Waals surface area contributed by atoms with Gasteiger partial charge in [0.05, 0.1) is 0 Å². The minimum atomic E-state index is -0.250. The molecule has 0 aliphatic heterocycles. The maximum absolute atomic E-state index is 12.3. The zero-order valence-electron chi connectivity index (χ0n) is 14.0. The molecule has 8 nitrogen and oxygen atoms in total. The Labute approximate surface area is 144 Å². The number of amides is 1. The molecule has 1 amide bonds. The van der Waals surface area contributed by atoms with E-state index in [0.29, 0.717) is 29.5 Å². The Balaban J connectivity index is 1.66. The van der Waals surface area contributed by atoms with E-state index in [1.807, 2.05) is 19.9 Å². The van der Waals surface area contributed by atoms with Gasteiger partial charge in [-0.3, -0.25) is 4.79 Å². The first-order chi connectivity index (χ1) is 12.2. The van der Waals surface area contributed by atoms with Gasteiger partial charge in [-0.1, -0.05) is 12.1 Å². The number of carbonyl (C=O) groups excluding carboxylic acids is 1. The Hall–Kier alpha value is -3.29. The SMILES string of the molecule is CCn1nnnc1COc1cccc(C(=O)Nc2ccc(C)cn2)c1. The monoisotopic (exact) mass is 338 g/mol. The number of ether oxygens (including phenoxy) is 1. The molecule has 3 aromatic rings. The first-order valence-electron chi connectivity index (χ1n) is 7.87. The summed E-state index contributed by atoms with van der Waals surface area (Å²) in [7, 11) is 0. The summed E-state index contributed by atoms with van der Waals surface area (Å²) in [5.74, 6) is 1.45. The number of nitrogens with zero attached hydrogens (tertiary/aromatic N) is 5. The summed E-state index contributed by atoms with van der Waals surface area (Å²) in [4.78, 5) is 16.5. The van der Waals surface area contributed by atoms with Gasteiger partial charge < -0.3 is 10.1 Å². The lowest BCUT2D eigenvalue weighted by Gasteiger charge is -2.08. The number of hydrogen-bond donors (Lipinski definition) is 1. The maximum atomic E-state index is 12.3. The number of hydrogen-bond acceptors (Lipinski definition) is 6. The average molecular weight is 338 g/mol. The summed E-state index contributed by atoms with van der Waals surface area (Å²) in [5, 5.41) is 14.1. The fourth-order valence-corrected chi connectivity index (χ4v) is 2.18. The molecule has 1 N–H and O–H groups in total. The zero-order valence-corrected chi connectivity index (χ0v) is 14.0. The van der Waals surface area contributed by atoms with E-state index < -0.39 is 0 Å². The van der Waals surface area contributed by atoms with Crippen LogP contribution in [0.1, 0.15) is 28.7 Å². The van der Waals surface area contributed by atoms with Gasteiger partial charge in [-0.2, -0.15) is 0 Å². The van der Waals surface area contributed by atoms with Crippen molar-refractivity contribution in [2.45, 2.75) is 27.0 Å². The normalized spacial score (nSPS) is 10.5. The molecule has 0 spiro atoms. The Bertz CT molecular complexity index is 860. The van der Waals surface area contributed by atoms with E-state index in [1.54, 1.807) is 41.2 Å². The predicted molar refractivity (Wildman–Crippen MR) is 91.2 cm³/mol. The van der Waals surface area contributed by atoms with Gasteiger partial charge in [0.2, 0.25) is 0 Å². The summed E-state index contributed by atoms with van der Waals surface area (Å²) >= 11 is 0. The summed E-state index contributed by atoms with van der Waals surface area (Å²) in [6, 6.07) is 10.6. The van der Waals surface area contributed by atoms with Gasteiger partial charge >= 0.3 is 0 Å². The summed E-state index contributed by atoms with van der Waals surface area (Å²) < 4.78 is 7.34. The van der Waals surface area contributed by atoms with Crippen LogP contribution in [0, 0.1) is 6.92 Å². The van der Waals surface area contributed by atoms with E-state index in [4.69, 9.17) is 4.74 Å². The van der Waals surface area contributed by atoms with Crippen LogP contribution >= 0.6 is 0 Å². The van der Waals surface area contributed by atoms with Crippen LogP contribution in [0.25, 0.3) is 0 Å². The molecule has 2 aromatic heterocycles. The smallest absolute Gasteiger partial charge is 0.256 e. The van der Waals surface area contributed by atoms with Gasteiger partial charge in [-0.25, -0.2) is 9.67 Å². The highest BCUT2D eigenvalue weighted by molar-refractivity contribution is 6.03. The van der Waals surface area contributed by atoms with Crippen LogP contribution in [0.2, 0.25) is 0 Å². The molecule has 0 unspecified atom stereocenters. The van der Waals surface area contributed by atoms with Crippen LogP contribution in [-0.2, 0) is 13.2 Å². The number of anilines is 1. The van der Waals surface area contributed by atoms with Crippen molar-refractivity contribution < 1.29 is 9.53 Å². The van der Waals surface area contributed by atoms with Gasteiger partial charge in [0.25, 0.3) is 5.91 Å². The Morgan fingerprint density at radius 1 is 1.28 bits per heavy atom. The van der Waals surface area contributed by atoms with E-state index in [2.05, 4.69) is 25.8 Å². The highest BCUT2D eigenvalue weighted by atomic mass is 16.5. The van der Waals surface area contributed by atoms with Crippen molar-refractivity contribution in [3.63, 3.8) is 0 Å². The zero-order chi connectivity index (χ0) is 17.6. The molecule has 0 radical (unpaired) electrons. The molecular weight excluding hydrogens is 320 g/mol. The molecule has 0 fully saturated rings. The maximum Gasteiger partial charge on any atom is 0.256 e. The van der Waals surface area contributed by atoms with Crippen molar-refractivity contribution in [3.8, 4) is 5.75 Å². The second kappa shape index (κ2) is 7.52. The summed E-state index contributed by atoms with van der Waals surface area (Å²) in [6.45, 7) is 4.78. The number of carbonyl (C=O) groups is 1. The number of tetrazole rings is 1. The fourth-order valence-electron chi connectivity index (χ4n) is 2.18. The molecule has 25 heavy (non-hydrogen) atoms. The van der Waals surface area contributed by atoms with E-state index in [1.165, 1.54) is 0 Å². The number of aromatic nitrogens is 5. The molecule has 0 bridgehead atoms. The van der Waals surface area contributed by atoms with Crippen molar-refractivity contribution in [2.75, 3.05) is 5.32 Å². The lowest BCUT2D eigenvalue weighted by atomic mass is 10.2. The first kappa shape index (κ1) is 16.6. The number of aryl methyl sites for hydroxylation is 2. The van der Waals surface area contributed by atoms with Crippen LogP contribution in [0.3, 0.4) is 0 Å². The quantitative estimate of drug-likeness (QED) is 0.740. The molecule has 0 atom stereocenters. The standard InChI is InChI=1S/C17H18N6O2/c1-3-23-16(20-21-22-23)11-25-14-6-4-5-13(9-14)17(24)19-15-8-7-12(2)10-18-15/h4-10H,3,11H2,1-2H3,(H,18,19,24). The topological polar surface area (TPSA) is 94.8 Å². The first-order valence-corrected chi connectivity index (χ1v) is 7.87. The highest BCUT2D eigenvalue weighted by Crippen LogP contribution is 2.16. The average Bonchev–Trinajstić information content (AvgIpc) is 3.10. The van der Waals surface area contributed by atoms with Crippen molar-refractivity contribution in [1.29, 1.82) is 0 Å². The number of nitrogens with one attached hydrogen (secondary N) is 1. The molecule has 8 heteroatoms. The molecule has 128 valence electrons. The Morgan fingerprint density at radius 3 is 2.92 bits per heavy atom. The largest absolute Gasteiger partial charge is 0.486 e. The lowest BCUT2D eigenvalue weighted by Crippen LogP contribution is -2.13. The molecular formula is C17H18N6O2. The number of benzene rings is 1. The van der Waals surface area contributed by atoms with Gasteiger partial charge in [-0.15, -0.1) is 5.10 Å². The van der Waals surface area contributed by atoms with Gasteiger partial charge in [0, 0.05) is 18.3 Å². The molecule has 0 saturated heterocycles. The third-order valence-corrected chi connectivity index (χ3v) is 3.52. The van der Waals surface area contributed by atoms with E-state index in [9.17, 15) is 4.79 Å². The van der Waals surface area contributed by atoms with Crippen LogP contribution < -0.4 is 10.1 Å². The number of rotatable bonds is 6. The molecule has 1 aromatic carbocycles. The Morgan fingerprint density at radius 2 is 2.16 bits per heavy atom. The third kappa shape index (κ3) is 4.17. The summed E-state index contributed by atoms with van der Waals surface area (Å²) in [6.07, 6.45) is 1.70.